The van der Waals surface area contributed by atoms with E-state index in [2.05, 4.69) is 71.1 Å². The van der Waals surface area contributed by atoms with E-state index in [0.717, 1.165) is 6.42 Å². The standard InChI is InChI=1S/C16H22.C3H8/c1-5-7-9-14(4)16-11-8-10-15(12-16)13(3)6-2;1-3-2/h5-7,9,11-12H,8,10H2,1-4H3;3H2,1-2H3/b7-5-,13-6+,14-9+;. The predicted molar refractivity (Wildman–Crippen MR) is 89.4 cm³/mol. The Morgan fingerprint density at radius 1 is 1.16 bits per heavy atom. The third-order valence-electron chi connectivity index (χ3n) is 3.04. The molecular formula is C19H30. The Kier molecular flexibility index (Phi) is 9.88. The minimum atomic E-state index is 1.16. The lowest BCUT2D eigenvalue weighted by Gasteiger charge is -2.14. The molecule has 0 aromatic carbocycles. The maximum Gasteiger partial charge on any atom is -0.0241 e. The van der Waals surface area contributed by atoms with Crippen molar-refractivity contribution < 1.29 is 0 Å². The van der Waals surface area contributed by atoms with E-state index in [1.54, 1.807) is 0 Å². The molecule has 0 bridgehead atoms. The SMILES string of the molecule is C/C=C\C=C(/C)C1=CCCC(/C(C)=C/C)=C1.CCC. The maximum absolute atomic E-state index is 2.34. The molecule has 0 aliphatic heterocycles. The lowest BCUT2D eigenvalue weighted by atomic mass is 9.91. The van der Waals surface area contributed by atoms with E-state index in [0.29, 0.717) is 0 Å². The molecule has 0 spiro atoms. The molecular weight excluding hydrogens is 228 g/mol. The molecule has 0 aromatic rings. The second-order valence-corrected chi connectivity index (χ2v) is 4.92. The molecule has 0 saturated carbocycles. The Balaban J connectivity index is 0.000000982. The second kappa shape index (κ2) is 10.6. The van der Waals surface area contributed by atoms with Gasteiger partial charge in [0, 0.05) is 0 Å². The van der Waals surface area contributed by atoms with Crippen molar-refractivity contribution >= 4 is 0 Å². The molecule has 0 atom stereocenters. The van der Waals surface area contributed by atoms with E-state index in [1.807, 2.05) is 6.92 Å². The van der Waals surface area contributed by atoms with Crippen LogP contribution >= 0.6 is 0 Å². The average Bonchev–Trinajstić information content (AvgIpc) is 2.44. The zero-order chi connectivity index (χ0) is 14.7. The highest BCUT2D eigenvalue weighted by molar-refractivity contribution is 5.48. The molecule has 1 aliphatic carbocycles. The van der Waals surface area contributed by atoms with Gasteiger partial charge < -0.3 is 0 Å². The van der Waals surface area contributed by atoms with Gasteiger partial charge in [0.05, 0.1) is 0 Å². The monoisotopic (exact) mass is 258 g/mol. The van der Waals surface area contributed by atoms with Crippen molar-refractivity contribution in [2.75, 3.05) is 0 Å². The van der Waals surface area contributed by atoms with E-state index in [1.165, 1.54) is 35.1 Å². The average molecular weight is 258 g/mol. The molecule has 0 radical (unpaired) electrons. The highest BCUT2D eigenvalue weighted by atomic mass is 14.1. The number of allylic oxidation sites excluding steroid dienone is 10. The highest BCUT2D eigenvalue weighted by Gasteiger charge is 2.07. The minimum absolute atomic E-state index is 1.16. The van der Waals surface area contributed by atoms with Crippen molar-refractivity contribution in [2.24, 2.45) is 0 Å². The number of hydrogen-bond donors (Lipinski definition) is 0. The quantitative estimate of drug-likeness (QED) is 0.504. The van der Waals surface area contributed by atoms with E-state index in [-0.39, 0.29) is 0 Å². The van der Waals surface area contributed by atoms with Gasteiger partial charge in [0.2, 0.25) is 0 Å². The summed E-state index contributed by atoms with van der Waals surface area (Å²) in [5.74, 6) is 0. The summed E-state index contributed by atoms with van der Waals surface area (Å²) >= 11 is 0. The van der Waals surface area contributed by atoms with Crippen LogP contribution in [-0.4, -0.2) is 0 Å². The van der Waals surface area contributed by atoms with Gasteiger partial charge in [-0.15, -0.1) is 0 Å². The van der Waals surface area contributed by atoms with Crippen molar-refractivity contribution in [3.8, 4) is 0 Å². The van der Waals surface area contributed by atoms with Crippen molar-refractivity contribution in [3.63, 3.8) is 0 Å². The van der Waals surface area contributed by atoms with Crippen LogP contribution in [0.25, 0.3) is 0 Å². The van der Waals surface area contributed by atoms with E-state index in [9.17, 15) is 0 Å². The fourth-order valence-corrected chi connectivity index (χ4v) is 1.81. The van der Waals surface area contributed by atoms with Gasteiger partial charge in [-0.3, -0.25) is 0 Å². The Bertz CT molecular complexity index is 398. The van der Waals surface area contributed by atoms with Crippen molar-refractivity contribution in [3.05, 3.63) is 58.7 Å². The molecule has 0 unspecified atom stereocenters. The molecule has 1 rings (SSSR count). The Morgan fingerprint density at radius 2 is 1.79 bits per heavy atom. The molecule has 0 saturated heterocycles. The van der Waals surface area contributed by atoms with E-state index < -0.39 is 0 Å². The molecule has 0 aromatic heterocycles. The van der Waals surface area contributed by atoms with Crippen LogP contribution in [0.4, 0.5) is 0 Å². The number of rotatable bonds is 3. The van der Waals surface area contributed by atoms with Gasteiger partial charge in [0.1, 0.15) is 0 Å². The fourth-order valence-electron chi connectivity index (χ4n) is 1.81. The summed E-state index contributed by atoms with van der Waals surface area (Å²) in [5.41, 5.74) is 5.61. The molecule has 0 fully saturated rings. The third kappa shape index (κ3) is 7.00. The van der Waals surface area contributed by atoms with Gasteiger partial charge in [-0.2, -0.15) is 0 Å². The molecule has 0 heteroatoms. The maximum atomic E-state index is 2.34. The molecule has 0 nitrogen and oxygen atoms in total. The predicted octanol–water partition coefficient (Wildman–Crippen LogP) is 6.54. The molecule has 0 heterocycles. The first-order chi connectivity index (χ1) is 9.10. The van der Waals surface area contributed by atoms with Crippen molar-refractivity contribution in [2.45, 2.75) is 60.8 Å². The van der Waals surface area contributed by atoms with Crippen LogP contribution < -0.4 is 0 Å². The molecule has 0 amide bonds. The summed E-state index contributed by atoms with van der Waals surface area (Å²) < 4.78 is 0. The molecule has 19 heavy (non-hydrogen) atoms. The Morgan fingerprint density at radius 3 is 2.32 bits per heavy atom. The van der Waals surface area contributed by atoms with Crippen LogP contribution in [-0.2, 0) is 0 Å². The molecule has 1 aliphatic rings. The number of hydrogen-bond acceptors (Lipinski definition) is 0. The van der Waals surface area contributed by atoms with Crippen LogP contribution in [0.3, 0.4) is 0 Å². The van der Waals surface area contributed by atoms with Crippen molar-refractivity contribution in [1.29, 1.82) is 0 Å². The zero-order valence-electron chi connectivity index (χ0n) is 13.6. The van der Waals surface area contributed by atoms with E-state index >= 15 is 0 Å². The third-order valence-corrected chi connectivity index (χ3v) is 3.04. The summed E-state index contributed by atoms with van der Waals surface area (Å²) in [4.78, 5) is 0. The first kappa shape index (κ1) is 17.7. The second-order valence-electron chi connectivity index (χ2n) is 4.92. The van der Waals surface area contributed by atoms with Gasteiger partial charge in [-0.1, -0.05) is 62.3 Å². The van der Waals surface area contributed by atoms with Crippen molar-refractivity contribution in [1.82, 2.24) is 0 Å². The lowest BCUT2D eigenvalue weighted by molar-refractivity contribution is 0.953. The van der Waals surface area contributed by atoms with Gasteiger partial charge in [0.25, 0.3) is 0 Å². The first-order valence-electron chi connectivity index (χ1n) is 7.44. The van der Waals surface area contributed by atoms with Crippen LogP contribution in [0.5, 0.6) is 0 Å². The zero-order valence-corrected chi connectivity index (χ0v) is 13.6. The molecule has 106 valence electrons. The van der Waals surface area contributed by atoms with Gasteiger partial charge >= 0.3 is 0 Å². The lowest BCUT2D eigenvalue weighted by Crippen LogP contribution is -1.95. The summed E-state index contributed by atoms with van der Waals surface area (Å²) in [5, 5.41) is 0. The van der Waals surface area contributed by atoms with Crippen LogP contribution in [0.15, 0.2) is 58.7 Å². The van der Waals surface area contributed by atoms with Gasteiger partial charge in [0.15, 0.2) is 0 Å². The minimum Gasteiger partial charge on any atom is -0.0877 e. The van der Waals surface area contributed by atoms with Crippen LogP contribution in [0.1, 0.15) is 60.8 Å². The topological polar surface area (TPSA) is 0 Å². The summed E-state index contributed by atoms with van der Waals surface area (Å²) in [6.45, 7) is 12.8. The summed E-state index contributed by atoms with van der Waals surface area (Å²) in [6.07, 6.45) is 16.8. The van der Waals surface area contributed by atoms with Crippen LogP contribution in [0, 0.1) is 0 Å². The largest absolute Gasteiger partial charge is 0.0877 e. The summed E-state index contributed by atoms with van der Waals surface area (Å²) in [6, 6.07) is 0. The normalized spacial score (nSPS) is 16.7. The smallest absolute Gasteiger partial charge is 0.0241 e. The molecule has 0 N–H and O–H groups in total. The highest BCUT2D eigenvalue weighted by Crippen LogP contribution is 2.26. The Labute approximate surface area is 120 Å². The van der Waals surface area contributed by atoms with Crippen LogP contribution in [0.2, 0.25) is 0 Å². The fraction of sp³-hybridized carbons (Fsp3) is 0.474. The van der Waals surface area contributed by atoms with Gasteiger partial charge in [-0.05, 0) is 57.3 Å². The van der Waals surface area contributed by atoms with Gasteiger partial charge in [-0.25, -0.2) is 0 Å². The summed E-state index contributed by atoms with van der Waals surface area (Å²) in [7, 11) is 0. The van der Waals surface area contributed by atoms with E-state index in [4.69, 9.17) is 0 Å². The first-order valence-corrected chi connectivity index (χ1v) is 7.44. The Hall–Kier alpha value is -1.30.